The van der Waals surface area contributed by atoms with Crippen molar-refractivity contribution in [2.45, 2.75) is 45.8 Å². The summed E-state index contributed by atoms with van der Waals surface area (Å²) in [5, 5.41) is 0. The maximum absolute atomic E-state index is 6.03. The molecule has 1 saturated heterocycles. The summed E-state index contributed by atoms with van der Waals surface area (Å²) in [5.74, 6) is 0. The lowest BCUT2D eigenvalue weighted by molar-refractivity contribution is 0.00578. The van der Waals surface area contributed by atoms with Crippen LogP contribution in [0.1, 0.15) is 40.2 Å². The molecule has 0 aromatic heterocycles. The Labute approximate surface area is 110 Å². The zero-order valence-corrected chi connectivity index (χ0v) is 11.9. The fourth-order valence-corrected chi connectivity index (χ4v) is 1.93. The first-order valence-electron chi connectivity index (χ1n) is 6.34. The van der Waals surface area contributed by atoms with Crippen LogP contribution in [0.4, 0.5) is 0 Å². The molecule has 3 heteroatoms. The first-order valence-corrected chi connectivity index (χ1v) is 6.34. The van der Waals surface area contributed by atoms with Gasteiger partial charge in [0.2, 0.25) is 0 Å². The summed E-state index contributed by atoms with van der Waals surface area (Å²) in [5.41, 5.74) is 2.64. The van der Waals surface area contributed by atoms with E-state index >= 15 is 0 Å². The van der Waals surface area contributed by atoms with Gasteiger partial charge in [0.1, 0.15) is 0 Å². The van der Waals surface area contributed by atoms with E-state index in [1.165, 1.54) is 0 Å². The van der Waals surface area contributed by atoms with Crippen LogP contribution in [0, 0.1) is 0 Å². The summed E-state index contributed by atoms with van der Waals surface area (Å²) in [6.45, 7) is 14.2. The Bertz CT molecular complexity index is 461. The molecule has 1 aromatic rings. The molecule has 1 fully saturated rings. The van der Waals surface area contributed by atoms with E-state index in [-0.39, 0.29) is 18.3 Å². The van der Waals surface area contributed by atoms with Crippen molar-refractivity contribution in [1.82, 2.24) is 0 Å². The molecule has 0 saturated carbocycles. The van der Waals surface area contributed by atoms with Gasteiger partial charge in [-0.05, 0) is 45.6 Å². The van der Waals surface area contributed by atoms with Crippen molar-refractivity contribution in [1.29, 1.82) is 0 Å². The number of benzene rings is 1. The Kier molecular flexibility index (Phi) is 3.16. The second-order valence-corrected chi connectivity index (χ2v) is 5.99. The average molecular weight is 244 g/mol. The van der Waals surface area contributed by atoms with Crippen molar-refractivity contribution in [3.05, 3.63) is 36.4 Å². The van der Waals surface area contributed by atoms with E-state index < -0.39 is 0 Å². The van der Waals surface area contributed by atoms with Crippen LogP contribution in [0.3, 0.4) is 0 Å². The third kappa shape index (κ3) is 2.25. The van der Waals surface area contributed by atoms with Crippen LogP contribution in [0.15, 0.2) is 30.8 Å². The number of allylic oxidation sites excluding steroid dienone is 1. The normalized spacial score (nSPS) is 21.1. The van der Waals surface area contributed by atoms with Crippen LogP contribution in [-0.4, -0.2) is 18.3 Å². The summed E-state index contributed by atoms with van der Waals surface area (Å²) in [6, 6.07) is 8.19. The predicted molar refractivity (Wildman–Crippen MR) is 76.9 cm³/mol. The first kappa shape index (κ1) is 13.4. The van der Waals surface area contributed by atoms with Crippen molar-refractivity contribution >= 4 is 18.2 Å². The van der Waals surface area contributed by atoms with E-state index in [0.717, 1.165) is 16.6 Å². The molecule has 0 aliphatic carbocycles. The second-order valence-electron chi connectivity index (χ2n) is 5.99. The van der Waals surface area contributed by atoms with Gasteiger partial charge in [0.05, 0.1) is 11.2 Å². The third-order valence-corrected chi connectivity index (χ3v) is 3.90. The van der Waals surface area contributed by atoms with Crippen molar-refractivity contribution in [2.75, 3.05) is 0 Å². The van der Waals surface area contributed by atoms with Crippen LogP contribution >= 0.6 is 0 Å². The highest BCUT2D eigenvalue weighted by atomic mass is 16.7. The van der Waals surface area contributed by atoms with Gasteiger partial charge in [-0.2, -0.15) is 0 Å². The van der Waals surface area contributed by atoms with Crippen molar-refractivity contribution < 1.29 is 9.31 Å². The van der Waals surface area contributed by atoms with Crippen LogP contribution in [-0.2, 0) is 9.31 Å². The van der Waals surface area contributed by atoms with Gasteiger partial charge >= 0.3 is 7.12 Å². The highest BCUT2D eigenvalue weighted by molar-refractivity contribution is 6.62. The van der Waals surface area contributed by atoms with Crippen molar-refractivity contribution in [2.24, 2.45) is 0 Å². The van der Waals surface area contributed by atoms with Crippen LogP contribution in [0.25, 0.3) is 5.57 Å². The summed E-state index contributed by atoms with van der Waals surface area (Å²) in [6.07, 6.45) is 0. The van der Waals surface area contributed by atoms with Crippen molar-refractivity contribution in [3.63, 3.8) is 0 Å². The molecule has 0 atom stereocenters. The fourth-order valence-electron chi connectivity index (χ4n) is 1.93. The molecular formula is C15H21BO2. The van der Waals surface area contributed by atoms with Gasteiger partial charge in [0, 0.05) is 0 Å². The monoisotopic (exact) mass is 244 g/mol. The zero-order chi connectivity index (χ0) is 13.6. The minimum absolute atomic E-state index is 0.295. The Morgan fingerprint density at radius 3 is 2.17 bits per heavy atom. The van der Waals surface area contributed by atoms with Crippen LogP contribution in [0.2, 0.25) is 0 Å². The fraction of sp³-hybridized carbons (Fsp3) is 0.467. The molecule has 1 aromatic carbocycles. The number of hydrogen-bond acceptors (Lipinski definition) is 2. The number of hydrogen-bond donors (Lipinski definition) is 0. The van der Waals surface area contributed by atoms with Gasteiger partial charge in [-0.3, -0.25) is 0 Å². The molecule has 1 aliphatic rings. The van der Waals surface area contributed by atoms with Gasteiger partial charge in [-0.15, -0.1) is 0 Å². The van der Waals surface area contributed by atoms with E-state index in [9.17, 15) is 0 Å². The third-order valence-electron chi connectivity index (χ3n) is 3.90. The molecule has 0 amide bonds. The minimum atomic E-state index is -0.297. The van der Waals surface area contributed by atoms with Gasteiger partial charge in [-0.25, -0.2) is 0 Å². The van der Waals surface area contributed by atoms with E-state index in [0.29, 0.717) is 0 Å². The Morgan fingerprint density at radius 1 is 1.11 bits per heavy atom. The molecule has 1 aliphatic heterocycles. The molecule has 96 valence electrons. The molecule has 2 rings (SSSR count). The average Bonchev–Trinajstić information content (AvgIpc) is 2.48. The lowest BCUT2D eigenvalue weighted by atomic mass is 9.78. The standard InChI is InChI=1S/C15H21BO2/c1-11(2)12-8-7-9-13(10-12)16-17-14(3,4)15(5,6)18-16/h7-10H,1H2,2-6H3. The highest BCUT2D eigenvalue weighted by Crippen LogP contribution is 2.36. The second kappa shape index (κ2) is 4.25. The van der Waals surface area contributed by atoms with Gasteiger partial charge < -0.3 is 9.31 Å². The molecule has 0 N–H and O–H groups in total. The van der Waals surface area contributed by atoms with E-state index in [2.05, 4.69) is 46.4 Å². The minimum Gasteiger partial charge on any atom is -0.399 e. The molecule has 0 unspecified atom stereocenters. The lowest BCUT2D eigenvalue weighted by Gasteiger charge is -2.32. The van der Waals surface area contributed by atoms with Gasteiger partial charge in [0.15, 0.2) is 0 Å². The molecule has 18 heavy (non-hydrogen) atoms. The van der Waals surface area contributed by atoms with Gasteiger partial charge in [-0.1, -0.05) is 36.4 Å². The SMILES string of the molecule is C=C(C)c1cccc(B2OC(C)(C)C(C)(C)O2)c1. The largest absolute Gasteiger partial charge is 0.494 e. The molecule has 2 nitrogen and oxygen atoms in total. The quantitative estimate of drug-likeness (QED) is 0.744. The zero-order valence-electron chi connectivity index (χ0n) is 11.9. The maximum atomic E-state index is 6.03. The smallest absolute Gasteiger partial charge is 0.399 e. The molecule has 0 bridgehead atoms. The molecule has 0 spiro atoms. The molecule has 0 radical (unpaired) electrons. The van der Waals surface area contributed by atoms with E-state index in [1.54, 1.807) is 0 Å². The van der Waals surface area contributed by atoms with Crippen LogP contribution < -0.4 is 5.46 Å². The highest BCUT2D eigenvalue weighted by Gasteiger charge is 2.51. The Hall–Kier alpha value is -1.06. The Morgan fingerprint density at radius 2 is 1.67 bits per heavy atom. The predicted octanol–water partition coefficient (Wildman–Crippen LogP) is 3.02. The summed E-state index contributed by atoms with van der Waals surface area (Å²) >= 11 is 0. The summed E-state index contributed by atoms with van der Waals surface area (Å²) in [7, 11) is -0.297. The summed E-state index contributed by atoms with van der Waals surface area (Å²) < 4.78 is 12.1. The van der Waals surface area contributed by atoms with Crippen molar-refractivity contribution in [3.8, 4) is 0 Å². The topological polar surface area (TPSA) is 18.5 Å². The van der Waals surface area contributed by atoms with Crippen LogP contribution in [0.5, 0.6) is 0 Å². The molecular weight excluding hydrogens is 223 g/mol. The number of rotatable bonds is 2. The summed E-state index contributed by atoms with van der Waals surface area (Å²) in [4.78, 5) is 0. The van der Waals surface area contributed by atoms with E-state index in [1.807, 2.05) is 19.1 Å². The first-order chi connectivity index (χ1) is 8.23. The maximum Gasteiger partial charge on any atom is 0.494 e. The van der Waals surface area contributed by atoms with Gasteiger partial charge in [0.25, 0.3) is 0 Å². The van der Waals surface area contributed by atoms with E-state index in [4.69, 9.17) is 9.31 Å². The Balaban J connectivity index is 2.30. The lowest BCUT2D eigenvalue weighted by Crippen LogP contribution is -2.41. The molecule has 1 heterocycles.